The van der Waals surface area contributed by atoms with E-state index in [0.717, 1.165) is 17.4 Å². The zero-order valence-corrected chi connectivity index (χ0v) is 10.7. The first-order chi connectivity index (χ1) is 9.29. The first kappa shape index (κ1) is 11.5. The van der Waals surface area contributed by atoms with E-state index in [1.165, 1.54) is 5.56 Å². The van der Waals surface area contributed by atoms with Crippen molar-refractivity contribution in [2.75, 3.05) is 13.6 Å². The van der Waals surface area contributed by atoms with Gasteiger partial charge in [0.25, 0.3) is 0 Å². The van der Waals surface area contributed by atoms with E-state index < -0.39 is 0 Å². The van der Waals surface area contributed by atoms with Crippen LogP contribution in [0.4, 0.5) is 0 Å². The molecule has 4 heteroatoms. The van der Waals surface area contributed by atoms with Crippen molar-refractivity contribution >= 4 is 10.9 Å². The Labute approximate surface area is 112 Å². The predicted molar refractivity (Wildman–Crippen MR) is 74.1 cm³/mol. The lowest BCUT2D eigenvalue weighted by Crippen LogP contribution is -2.32. The summed E-state index contributed by atoms with van der Waals surface area (Å²) in [4.78, 5) is 6.49. The lowest BCUT2D eigenvalue weighted by molar-refractivity contribution is 0.368. The molecule has 1 N–H and O–H groups in total. The number of fused-ring (bicyclic) bond motifs is 1. The lowest BCUT2D eigenvalue weighted by atomic mass is 9.98. The van der Waals surface area contributed by atoms with Gasteiger partial charge in [0.15, 0.2) is 0 Å². The third-order valence-electron chi connectivity index (χ3n) is 3.40. The van der Waals surface area contributed by atoms with Gasteiger partial charge in [-0.05, 0) is 17.7 Å². The molecule has 2 heterocycles. The molecule has 19 heavy (non-hydrogen) atoms. The molecule has 1 aliphatic rings. The van der Waals surface area contributed by atoms with Crippen LogP contribution in [0, 0.1) is 11.3 Å². The molecule has 94 valence electrons. The summed E-state index contributed by atoms with van der Waals surface area (Å²) in [7, 11) is 2.05. The highest BCUT2D eigenvalue weighted by molar-refractivity contribution is 5.87. The first-order valence-electron chi connectivity index (χ1n) is 6.20. The zero-order valence-electron chi connectivity index (χ0n) is 10.7. The molecule has 0 radical (unpaired) electrons. The Kier molecular flexibility index (Phi) is 2.81. The van der Waals surface area contributed by atoms with Gasteiger partial charge in [0.2, 0.25) is 0 Å². The third-order valence-corrected chi connectivity index (χ3v) is 3.40. The number of nitrogens with one attached hydrogen (secondary N) is 1. The Morgan fingerprint density at radius 2 is 2.32 bits per heavy atom. The minimum Gasteiger partial charge on any atom is -0.381 e. The second kappa shape index (κ2) is 4.62. The van der Waals surface area contributed by atoms with Crippen LogP contribution in [0.3, 0.4) is 0 Å². The van der Waals surface area contributed by atoms with Crippen molar-refractivity contribution in [2.24, 2.45) is 0 Å². The molecule has 1 aromatic heterocycles. The fourth-order valence-corrected chi connectivity index (χ4v) is 2.46. The number of pyridine rings is 1. The Morgan fingerprint density at radius 3 is 3.11 bits per heavy atom. The molecule has 0 unspecified atom stereocenters. The van der Waals surface area contributed by atoms with E-state index in [0.29, 0.717) is 5.56 Å². The largest absolute Gasteiger partial charge is 0.381 e. The van der Waals surface area contributed by atoms with E-state index in [1.807, 2.05) is 36.7 Å². The highest BCUT2D eigenvalue weighted by Crippen LogP contribution is 2.27. The van der Waals surface area contributed by atoms with Crippen LogP contribution in [0.15, 0.2) is 42.9 Å². The van der Waals surface area contributed by atoms with Crippen molar-refractivity contribution < 1.29 is 0 Å². The molecule has 0 spiro atoms. The van der Waals surface area contributed by atoms with Gasteiger partial charge in [0.1, 0.15) is 6.07 Å². The van der Waals surface area contributed by atoms with E-state index >= 15 is 0 Å². The van der Waals surface area contributed by atoms with Crippen LogP contribution in [0.2, 0.25) is 0 Å². The summed E-state index contributed by atoms with van der Waals surface area (Å²) in [5.41, 5.74) is 2.58. The number of nitriles is 1. The minimum absolute atomic E-state index is 0.217. The topological polar surface area (TPSA) is 52.0 Å². The van der Waals surface area contributed by atoms with E-state index in [-0.39, 0.29) is 6.04 Å². The van der Waals surface area contributed by atoms with Crippen molar-refractivity contribution in [2.45, 2.75) is 6.04 Å². The highest BCUT2D eigenvalue weighted by atomic mass is 15.1. The van der Waals surface area contributed by atoms with Gasteiger partial charge in [-0.3, -0.25) is 4.98 Å². The number of hydrogen-bond acceptors (Lipinski definition) is 4. The van der Waals surface area contributed by atoms with Crippen molar-refractivity contribution in [3.63, 3.8) is 0 Å². The van der Waals surface area contributed by atoms with Crippen molar-refractivity contribution in [3.8, 4) is 6.07 Å². The molecule has 1 aromatic carbocycles. The monoisotopic (exact) mass is 250 g/mol. The van der Waals surface area contributed by atoms with Crippen LogP contribution in [0.25, 0.3) is 10.9 Å². The Morgan fingerprint density at radius 1 is 1.42 bits per heavy atom. The summed E-state index contributed by atoms with van der Waals surface area (Å²) >= 11 is 0. The molecule has 0 fully saturated rings. The van der Waals surface area contributed by atoms with E-state index in [2.05, 4.69) is 28.3 Å². The Bertz CT molecular complexity index is 684. The number of rotatable bonds is 1. The fraction of sp³-hybridized carbons (Fsp3) is 0.200. The maximum absolute atomic E-state index is 9.15. The molecule has 1 atom stereocenters. The smallest absolute Gasteiger partial charge is 0.101 e. The van der Waals surface area contributed by atoms with E-state index in [9.17, 15) is 0 Å². The quantitative estimate of drug-likeness (QED) is 0.842. The zero-order chi connectivity index (χ0) is 13.2. The Hall–Kier alpha value is -2.54. The van der Waals surface area contributed by atoms with Gasteiger partial charge in [-0.2, -0.15) is 5.26 Å². The van der Waals surface area contributed by atoms with Gasteiger partial charge in [0, 0.05) is 37.6 Å². The van der Waals surface area contributed by atoms with Gasteiger partial charge >= 0.3 is 0 Å². The normalized spacial score (nSPS) is 18.1. The number of aromatic nitrogens is 1. The molecule has 0 saturated heterocycles. The molecule has 3 rings (SSSR count). The van der Waals surface area contributed by atoms with Gasteiger partial charge in [-0.25, -0.2) is 0 Å². The highest BCUT2D eigenvalue weighted by Gasteiger charge is 2.18. The average Bonchev–Trinajstić information content (AvgIpc) is 2.46. The van der Waals surface area contributed by atoms with Crippen LogP contribution in [-0.4, -0.2) is 23.5 Å². The lowest BCUT2D eigenvalue weighted by Gasteiger charge is -2.28. The van der Waals surface area contributed by atoms with Crippen LogP contribution in [-0.2, 0) is 0 Å². The minimum atomic E-state index is 0.217. The molecule has 4 nitrogen and oxygen atoms in total. The maximum atomic E-state index is 9.15. The van der Waals surface area contributed by atoms with Crippen molar-refractivity contribution in [1.29, 1.82) is 5.26 Å². The summed E-state index contributed by atoms with van der Waals surface area (Å²) in [5.74, 6) is 0. The third kappa shape index (κ3) is 2.00. The van der Waals surface area contributed by atoms with E-state index in [4.69, 9.17) is 5.26 Å². The van der Waals surface area contributed by atoms with Gasteiger partial charge in [-0.1, -0.05) is 12.1 Å². The van der Waals surface area contributed by atoms with Gasteiger partial charge < -0.3 is 10.2 Å². The molecule has 0 aliphatic carbocycles. The predicted octanol–water partition coefficient (Wildman–Crippen LogP) is 2.15. The number of benzene rings is 1. The van der Waals surface area contributed by atoms with Gasteiger partial charge in [0.05, 0.1) is 17.1 Å². The molecular weight excluding hydrogens is 236 g/mol. The molecule has 1 aliphatic heterocycles. The first-order valence-corrected chi connectivity index (χ1v) is 6.20. The molecule has 0 amide bonds. The second-order valence-corrected chi connectivity index (χ2v) is 4.69. The maximum Gasteiger partial charge on any atom is 0.101 e. The molecule has 0 saturated carbocycles. The Balaban J connectivity index is 2.15. The SMILES string of the molecule is CN1C=CN[C@H](c2ccc(C#N)c3ncccc23)C1. The molecule has 0 bridgehead atoms. The summed E-state index contributed by atoms with van der Waals surface area (Å²) in [6, 6.07) is 10.2. The van der Waals surface area contributed by atoms with Crippen molar-refractivity contribution in [3.05, 3.63) is 54.0 Å². The molecular formula is C15H14N4. The summed E-state index contributed by atoms with van der Waals surface area (Å²) < 4.78 is 0. The van der Waals surface area contributed by atoms with Crippen LogP contribution >= 0.6 is 0 Å². The average molecular weight is 250 g/mol. The van der Waals surface area contributed by atoms with Crippen LogP contribution in [0.1, 0.15) is 17.2 Å². The number of nitrogens with zero attached hydrogens (tertiary/aromatic N) is 3. The summed E-state index contributed by atoms with van der Waals surface area (Å²) in [6.07, 6.45) is 5.70. The molecule has 2 aromatic rings. The van der Waals surface area contributed by atoms with Gasteiger partial charge in [-0.15, -0.1) is 0 Å². The van der Waals surface area contributed by atoms with Crippen LogP contribution < -0.4 is 5.32 Å². The number of hydrogen-bond donors (Lipinski definition) is 1. The number of likely N-dealkylation sites (N-methyl/N-ethyl adjacent to an activating group) is 1. The van der Waals surface area contributed by atoms with Crippen molar-refractivity contribution in [1.82, 2.24) is 15.2 Å². The fourth-order valence-electron chi connectivity index (χ4n) is 2.46. The summed E-state index contributed by atoms with van der Waals surface area (Å²) in [5, 5.41) is 13.6. The van der Waals surface area contributed by atoms with E-state index in [1.54, 1.807) is 6.20 Å². The summed E-state index contributed by atoms with van der Waals surface area (Å²) in [6.45, 7) is 0.895. The van der Waals surface area contributed by atoms with Crippen LogP contribution in [0.5, 0.6) is 0 Å². The standard InChI is InChI=1S/C15H14N4/c1-19-8-7-17-14(10-19)12-5-4-11(9-16)15-13(12)3-2-6-18-15/h2-8,14,17H,10H2,1H3/t14-/m0/s1. The second-order valence-electron chi connectivity index (χ2n) is 4.69.